The molecule has 3 aromatic carbocycles. The standard InChI is InChI=1S/C28H29N5O4/c1-3-33(28(35)37-4-2)25(17-19-8-7-10-21(16-19)26(30)32-36)27(34)31-23-14-12-20(13-15-23)24-11-6-5-9-22(24)18-29/h5-16,25,36H,3-4,17H2,1-2H3,(H2,30,32)(H,31,34). The van der Waals surface area contributed by atoms with Gasteiger partial charge >= 0.3 is 6.09 Å². The molecule has 0 aliphatic carbocycles. The van der Waals surface area contributed by atoms with Crippen LogP contribution < -0.4 is 11.1 Å². The third kappa shape index (κ3) is 6.64. The van der Waals surface area contributed by atoms with Crippen LogP contribution in [-0.4, -0.2) is 47.1 Å². The normalized spacial score (nSPS) is 11.8. The first kappa shape index (κ1) is 26.8. The van der Waals surface area contributed by atoms with Crippen LogP contribution >= 0.6 is 0 Å². The highest BCUT2D eigenvalue weighted by atomic mass is 16.6. The highest BCUT2D eigenvalue weighted by Gasteiger charge is 2.30. The number of nitrogens with zero attached hydrogens (tertiary/aromatic N) is 3. The van der Waals surface area contributed by atoms with E-state index >= 15 is 0 Å². The van der Waals surface area contributed by atoms with E-state index in [-0.39, 0.29) is 25.4 Å². The van der Waals surface area contributed by atoms with Crippen molar-refractivity contribution in [2.45, 2.75) is 26.3 Å². The fraction of sp³-hybridized carbons (Fsp3) is 0.214. The average molecular weight is 500 g/mol. The minimum Gasteiger partial charge on any atom is -0.450 e. The number of hydrogen-bond donors (Lipinski definition) is 3. The first-order valence-electron chi connectivity index (χ1n) is 11.8. The van der Waals surface area contributed by atoms with Crippen molar-refractivity contribution >= 4 is 23.5 Å². The van der Waals surface area contributed by atoms with Gasteiger partial charge in [0.05, 0.1) is 18.2 Å². The zero-order chi connectivity index (χ0) is 26.8. The number of nitrogens with two attached hydrogens (primary N) is 1. The summed E-state index contributed by atoms with van der Waals surface area (Å²) < 4.78 is 5.19. The number of anilines is 1. The van der Waals surface area contributed by atoms with Gasteiger partial charge in [-0.05, 0) is 54.8 Å². The largest absolute Gasteiger partial charge is 0.450 e. The highest BCUT2D eigenvalue weighted by molar-refractivity contribution is 5.98. The minimum atomic E-state index is -0.884. The molecule has 0 heterocycles. The molecular weight excluding hydrogens is 470 g/mol. The third-order valence-corrected chi connectivity index (χ3v) is 5.79. The van der Waals surface area contributed by atoms with Crippen molar-refractivity contribution < 1.29 is 19.5 Å². The Bertz CT molecular complexity index is 1310. The van der Waals surface area contributed by atoms with E-state index in [0.29, 0.717) is 16.8 Å². The van der Waals surface area contributed by atoms with Gasteiger partial charge in [0, 0.05) is 24.2 Å². The summed E-state index contributed by atoms with van der Waals surface area (Å²) >= 11 is 0. The predicted octanol–water partition coefficient (Wildman–Crippen LogP) is 4.35. The van der Waals surface area contributed by atoms with Crippen LogP contribution in [0, 0.1) is 11.3 Å². The molecule has 0 bridgehead atoms. The number of ether oxygens (including phenoxy) is 1. The van der Waals surface area contributed by atoms with Crippen molar-refractivity contribution in [3.8, 4) is 17.2 Å². The summed E-state index contributed by atoms with van der Waals surface area (Å²) in [7, 11) is 0. The van der Waals surface area contributed by atoms with Crippen molar-refractivity contribution in [1.82, 2.24) is 4.90 Å². The molecule has 1 unspecified atom stereocenters. The molecule has 0 saturated carbocycles. The van der Waals surface area contributed by atoms with Gasteiger partial charge in [0.1, 0.15) is 6.04 Å². The maximum atomic E-state index is 13.5. The number of hydrogen-bond acceptors (Lipinski definition) is 6. The van der Waals surface area contributed by atoms with Gasteiger partial charge in [0.2, 0.25) is 5.91 Å². The van der Waals surface area contributed by atoms with Crippen LogP contribution in [0.25, 0.3) is 11.1 Å². The van der Waals surface area contributed by atoms with Crippen LogP contribution in [0.5, 0.6) is 0 Å². The Labute approximate surface area is 215 Å². The minimum absolute atomic E-state index is 0.0568. The zero-order valence-electron chi connectivity index (χ0n) is 20.7. The maximum absolute atomic E-state index is 13.5. The van der Waals surface area contributed by atoms with E-state index in [1.54, 1.807) is 62.4 Å². The van der Waals surface area contributed by atoms with Crippen molar-refractivity contribution in [2.24, 2.45) is 10.9 Å². The van der Waals surface area contributed by atoms with Gasteiger partial charge in [-0.2, -0.15) is 5.26 Å². The molecule has 1 atom stereocenters. The smallest absolute Gasteiger partial charge is 0.410 e. The lowest BCUT2D eigenvalue weighted by molar-refractivity contribution is -0.120. The van der Waals surface area contributed by atoms with E-state index in [1.165, 1.54) is 4.90 Å². The Balaban J connectivity index is 1.87. The molecule has 0 aliphatic rings. The number of likely N-dealkylation sites (N-methyl/N-ethyl adjacent to an activating group) is 1. The maximum Gasteiger partial charge on any atom is 0.410 e. The van der Waals surface area contributed by atoms with Gasteiger partial charge in [0.25, 0.3) is 0 Å². The molecular formula is C28H29N5O4. The first-order chi connectivity index (χ1) is 17.9. The number of nitriles is 1. The number of carbonyl (C=O) groups is 2. The Morgan fingerprint density at radius 1 is 1.11 bits per heavy atom. The van der Waals surface area contributed by atoms with Gasteiger partial charge in [-0.15, -0.1) is 0 Å². The Hall–Kier alpha value is -4.84. The lowest BCUT2D eigenvalue weighted by Gasteiger charge is -2.29. The lowest BCUT2D eigenvalue weighted by Crippen LogP contribution is -2.48. The summed E-state index contributed by atoms with van der Waals surface area (Å²) in [5.41, 5.74) is 9.67. The van der Waals surface area contributed by atoms with Crippen LogP contribution in [-0.2, 0) is 16.0 Å². The zero-order valence-corrected chi connectivity index (χ0v) is 20.7. The average Bonchev–Trinajstić information content (AvgIpc) is 2.93. The second kappa shape index (κ2) is 12.7. The van der Waals surface area contributed by atoms with Crippen molar-refractivity contribution in [2.75, 3.05) is 18.5 Å². The van der Waals surface area contributed by atoms with E-state index in [0.717, 1.165) is 16.7 Å². The highest BCUT2D eigenvalue weighted by Crippen LogP contribution is 2.25. The molecule has 0 radical (unpaired) electrons. The van der Waals surface area contributed by atoms with E-state index in [2.05, 4.69) is 16.5 Å². The fourth-order valence-electron chi connectivity index (χ4n) is 3.96. The van der Waals surface area contributed by atoms with Gasteiger partial charge in [-0.25, -0.2) is 4.79 Å². The molecule has 0 fully saturated rings. The summed E-state index contributed by atoms with van der Waals surface area (Å²) in [6.45, 7) is 3.90. The quantitative estimate of drug-likeness (QED) is 0.173. The van der Waals surface area contributed by atoms with E-state index in [4.69, 9.17) is 15.7 Å². The summed E-state index contributed by atoms with van der Waals surface area (Å²) in [5, 5.41) is 24.3. The van der Waals surface area contributed by atoms with Crippen LogP contribution in [0.3, 0.4) is 0 Å². The van der Waals surface area contributed by atoms with Crippen molar-refractivity contribution in [3.63, 3.8) is 0 Å². The molecule has 37 heavy (non-hydrogen) atoms. The van der Waals surface area contributed by atoms with Crippen LogP contribution in [0.2, 0.25) is 0 Å². The second-order valence-corrected chi connectivity index (χ2v) is 8.11. The molecule has 4 N–H and O–H groups in total. The lowest BCUT2D eigenvalue weighted by atomic mass is 10.00. The topological polar surface area (TPSA) is 141 Å². The second-order valence-electron chi connectivity index (χ2n) is 8.11. The van der Waals surface area contributed by atoms with Gasteiger partial charge in [-0.3, -0.25) is 9.69 Å². The van der Waals surface area contributed by atoms with E-state index in [1.807, 2.05) is 24.3 Å². The summed E-state index contributed by atoms with van der Waals surface area (Å²) in [6.07, 6.45) is -0.417. The van der Waals surface area contributed by atoms with Gasteiger partial charge in [-0.1, -0.05) is 53.7 Å². The number of oxime groups is 1. The number of amides is 2. The van der Waals surface area contributed by atoms with Gasteiger partial charge in [0.15, 0.2) is 5.84 Å². The molecule has 0 aliphatic heterocycles. The molecule has 9 heteroatoms. The summed E-state index contributed by atoms with van der Waals surface area (Å²) in [5.74, 6) is -0.451. The monoisotopic (exact) mass is 499 g/mol. The molecule has 2 amide bonds. The van der Waals surface area contributed by atoms with Crippen LogP contribution in [0.15, 0.2) is 78.0 Å². The van der Waals surface area contributed by atoms with Crippen LogP contribution in [0.1, 0.15) is 30.5 Å². The molecule has 9 nitrogen and oxygen atoms in total. The Kier molecular flexibility index (Phi) is 9.22. The van der Waals surface area contributed by atoms with E-state index in [9.17, 15) is 14.9 Å². The Morgan fingerprint density at radius 3 is 2.49 bits per heavy atom. The predicted molar refractivity (Wildman–Crippen MR) is 141 cm³/mol. The van der Waals surface area contributed by atoms with E-state index < -0.39 is 18.0 Å². The number of nitrogens with one attached hydrogen (secondary N) is 1. The fourth-order valence-corrected chi connectivity index (χ4v) is 3.96. The third-order valence-electron chi connectivity index (χ3n) is 5.79. The summed E-state index contributed by atoms with van der Waals surface area (Å²) in [4.78, 5) is 27.5. The number of amidine groups is 1. The van der Waals surface area contributed by atoms with Gasteiger partial charge < -0.3 is 21.0 Å². The number of benzene rings is 3. The van der Waals surface area contributed by atoms with Crippen molar-refractivity contribution in [1.29, 1.82) is 5.26 Å². The summed E-state index contributed by atoms with van der Waals surface area (Å²) in [6, 6.07) is 22.6. The molecule has 0 spiro atoms. The molecule has 0 aromatic heterocycles. The number of rotatable bonds is 9. The van der Waals surface area contributed by atoms with Crippen molar-refractivity contribution in [3.05, 3.63) is 89.5 Å². The molecule has 190 valence electrons. The first-order valence-corrected chi connectivity index (χ1v) is 11.8. The molecule has 0 saturated heterocycles. The Morgan fingerprint density at radius 2 is 1.84 bits per heavy atom. The SMILES string of the molecule is CCOC(=O)N(CC)C(Cc1cccc(/C(N)=N/O)c1)C(=O)Nc1ccc(-c2ccccc2C#N)cc1. The number of carbonyl (C=O) groups excluding carboxylic acids is 2. The van der Waals surface area contributed by atoms with Crippen LogP contribution in [0.4, 0.5) is 10.5 Å². The molecule has 3 aromatic rings. The molecule has 3 rings (SSSR count).